The number of aromatic carboxylic acids is 1. The van der Waals surface area contributed by atoms with Crippen molar-refractivity contribution in [3.63, 3.8) is 0 Å². The Hall–Kier alpha value is -6.87. The van der Waals surface area contributed by atoms with E-state index in [1.807, 2.05) is 0 Å². The quantitative estimate of drug-likeness (QED) is 0.0170. The second-order valence-corrected chi connectivity index (χ2v) is 29.6. The molecular formula is C53H65F4N11O8S2Si. The van der Waals surface area contributed by atoms with Crippen molar-refractivity contribution in [1.29, 1.82) is 0 Å². The number of hydrogen-bond acceptors (Lipinski definition) is 19. The van der Waals surface area contributed by atoms with E-state index in [-0.39, 0.29) is 102 Å². The normalized spacial score (nSPS) is 23.2. The number of ether oxygens (including phenoxy) is 4. The minimum Gasteiger partial charge on any atom is -0.476 e. The molecule has 0 aromatic carbocycles. The number of pyridine rings is 2. The molecular weight excluding hydrogens is 1090 g/mol. The van der Waals surface area contributed by atoms with Crippen LogP contribution in [-0.4, -0.2) is 131 Å². The van der Waals surface area contributed by atoms with E-state index in [0.29, 0.717) is 25.0 Å². The number of amidine groups is 2. The van der Waals surface area contributed by atoms with Gasteiger partial charge < -0.3 is 35.5 Å². The van der Waals surface area contributed by atoms with Crippen molar-refractivity contribution in [2.24, 2.45) is 27.6 Å². The topological polar surface area (TPSA) is 266 Å². The van der Waals surface area contributed by atoms with Crippen LogP contribution in [0.4, 0.5) is 28.0 Å². The van der Waals surface area contributed by atoms with Crippen LogP contribution in [-0.2, 0) is 27.0 Å². The van der Waals surface area contributed by atoms with Gasteiger partial charge in [-0.1, -0.05) is 62.4 Å². The van der Waals surface area contributed by atoms with E-state index in [0.717, 1.165) is 12.2 Å². The van der Waals surface area contributed by atoms with Gasteiger partial charge in [0, 0.05) is 50.3 Å². The van der Waals surface area contributed by atoms with Crippen molar-refractivity contribution in [3.05, 3.63) is 89.3 Å². The number of ketones is 1. The highest BCUT2D eigenvalue weighted by Gasteiger charge is 2.68. The number of carbonyl (C=O) groups is 3. The lowest BCUT2D eigenvalue weighted by atomic mass is 9.86. The number of terminal acetylenes is 2. The van der Waals surface area contributed by atoms with Crippen LogP contribution in [0, 0.1) is 48.4 Å². The van der Waals surface area contributed by atoms with Gasteiger partial charge in [0.1, 0.15) is 31.4 Å². The van der Waals surface area contributed by atoms with Gasteiger partial charge in [0.25, 0.3) is 0 Å². The third kappa shape index (κ3) is 15.5. The SMILES string of the molecule is C.C#CCOc1cnc(C(=O)Cc2cnc(F)c([C@@]3(C)N=C(N)S[C@@]4(CF)C[C@H]43)c2)cn1.C#CCOc1cnc(C(=O)O)cn1.CC(C)(C)OC(=O)N(COCC[Si](C)(C)C)C1=N[C@](C)(c2cc(N)cnc2F)[C@@H]2C[C@]2(CF)S1. The van der Waals surface area contributed by atoms with Crippen molar-refractivity contribution < 1.29 is 56.0 Å². The van der Waals surface area contributed by atoms with E-state index in [1.54, 1.807) is 40.7 Å². The number of anilines is 1. The zero-order valence-corrected chi connectivity index (χ0v) is 46.9. The largest absolute Gasteiger partial charge is 0.476 e. The molecule has 19 nitrogen and oxygen atoms in total. The number of Topliss-reactive ketones (excluding diaryl/α,β-unsaturated/α-hetero) is 1. The number of alkyl halides is 2. The minimum atomic E-state index is -1.34. The number of aliphatic imine (C=N–C) groups is 2. The number of nitrogen functional groups attached to an aromatic ring is 1. The highest BCUT2D eigenvalue weighted by Crippen LogP contribution is 2.67. The Balaban J connectivity index is 0.000000236. The molecule has 424 valence electrons. The molecule has 2 aliphatic heterocycles. The summed E-state index contributed by atoms with van der Waals surface area (Å²) in [7, 11) is -1.34. The lowest BCUT2D eigenvalue weighted by Gasteiger charge is -2.37. The zero-order chi connectivity index (χ0) is 57.4. The number of aromatic nitrogens is 6. The number of amides is 1. The van der Waals surface area contributed by atoms with Gasteiger partial charge in [-0.2, -0.15) is 8.78 Å². The number of carboxylic acids is 1. The van der Waals surface area contributed by atoms with Gasteiger partial charge in [0.15, 0.2) is 35.0 Å². The number of nitrogens with zero attached hydrogens (tertiary/aromatic N) is 9. The van der Waals surface area contributed by atoms with E-state index in [9.17, 15) is 31.9 Å². The Morgan fingerprint density at radius 1 is 0.797 bits per heavy atom. The summed E-state index contributed by atoms with van der Waals surface area (Å²) in [6.45, 7) is 14.8. The van der Waals surface area contributed by atoms with Crippen molar-refractivity contribution in [3.8, 4) is 36.4 Å². The molecule has 2 aliphatic carbocycles. The first-order valence-electron chi connectivity index (χ1n) is 24.3. The van der Waals surface area contributed by atoms with Crippen LogP contribution in [0.15, 0.2) is 59.3 Å². The fourth-order valence-corrected chi connectivity index (χ4v) is 12.1. The maximum absolute atomic E-state index is 14.8. The van der Waals surface area contributed by atoms with Gasteiger partial charge >= 0.3 is 12.1 Å². The summed E-state index contributed by atoms with van der Waals surface area (Å²) in [5.74, 6) is 1.64. The number of thioether (sulfide) groups is 2. The van der Waals surface area contributed by atoms with Crippen LogP contribution >= 0.6 is 23.5 Å². The number of halogens is 4. The number of hydrogen-bond donors (Lipinski definition) is 3. The van der Waals surface area contributed by atoms with Gasteiger partial charge in [-0.05, 0) is 71.2 Å². The summed E-state index contributed by atoms with van der Waals surface area (Å²) in [4.78, 5) is 69.5. The second kappa shape index (κ2) is 25.5. The Bertz CT molecular complexity index is 3020. The van der Waals surface area contributed by atoms with Gasteiger partial charge in [-0.25, -0.2) is 53.2 Å². The van der Waals surface area contributed by atoms with Crippen LogP contribution in [0.25, 0.3) is 0 Å². The molecule has 0 unspecified atom stereocenters. The fourth-order valence-electron chi connectivity index (χ4n) is 8.54. The average Bonchev–Trinajstić information content (AvgIpc) is 4.41. The molecule has 4 aromatic heterocycles. The van der Waals surface area contributed by atoms with Crippen molar-refractivity contribution in [1.82, 2.24) is 34.8 Å². The maximum Gasteiger partial charge on any atom is 0.418 e. The smallest absolute Gasteiger partial charge is 0.418 e. The third-order valence-corrected chi connectivity index (χ3v) is 17.2. The second-order valence-electron chi connectivity index (χ2n) is 21.2. The number of fused-ring (bicyclic) bond motifs is 2. The molecule has 0 bridgehead atoms. The molecule has 0 spiro atoms. The van der Waals surface area contributed by atoms with Crippen LogP contribution in [0.3, 0.4) is 0 Å². The predicted molar refractivity (Wildman–Crippen MR) is 297 cm³/mol. The summed E-state index contributed by atoms with van der Waals surface area (Å²) in [5.41, 5.74) is 10.0. The molecule has 4 aliphatic rings. The Morgan fingerprint density at radius 3 is 1.84 bits per heavy atom. The molecule has 26 heteroatoms. The van der Waals surface area contributed by atoms with Gasteiger partial charge in [0.05, 0.1) is 57.2 Å². The summed E-state index contributed by atoms with van der Waals surface area (Å²) in [5, 5.41) is 8.94. The lowest BCUT2D eigenvalue weighted by Crippen LogP contribution is -2.46. The van der Waals surface area contributed by atoms with E-state index in [1.165, 1.54) is 65.5 Å². The number of nitrogens with two attached hydrogens (primary N) is 2. The number of carboxylic acid groups (broad SMARTS) is 1. The number of rotatable bonds is 17. The standard InChI is InChI=1S/C23H36F2N4O3SSi.C21H19F2N5O2S.C8H6N2O3.CH4/c1-21(2,3)32-20(30)29(14-31-8-9-34(5,6)7)19-28-22(4,17-11-23(17,13-24)33-19)16-10-15(26)12-27-18(16)25;1-3-4-30-17-10-25-14(9-26-17)15(29)6-12-5-13(18(23)27-8-12)20(2)16-7-21(16,11-22)31-19(24)28-20;1-2-3-13-7-5-9-6(4-10-7)8(11)12;/h10,12,17H,8-9,11,13-14,26H2,1-7H3;1,5,8-10,16H,4,6-7,11H2,2H3,(H2,24,28);1,4-5H,3H2,(H,11,12);1H4/t17-,22+,23+;16-,20+,21+;;/m00../s1. The van der Waals surface area contributed by atoms with Crippen LogP contribution in [0.5, 0.6) is 11.8 Å². The Kier molecular flexibility index (Phi) is 20.3. The van der Waals surface area contributed by atoms with E-state index < -0.39 is 71.6 Å². The first-order chi connectivity index (χ1) is 36.6. The average molecular weight is 1150 g/mol. The molecule has 6 atom stereocenters. The number of carbonyl (C=O) groups excluding carboxylic acids is 2. The third-order valence-electron chi connectivity index (χ3n) is 12.8. The monoisotopic (exact) mass is 1150 g/mol. The van der Waals surface area contributed by atoms with Gasteiger partial charge in [-0.15, -0.1) is 12.8 Å². The van der Waals surface area contributed by atoms with E-state index in [2.05, 4.69) is 66.4 Å². The van der Waals surface area contributed by atoms with Crippen LogP contribution in [0.2, 0.25) is 25.7 Å². The van der Waals surface area contributed by atoms with Crippen molar-refractivity contribution in [2.75, 3.05) is 45.6 Å². The summed E-state index contributed by atoms with van der Waals surface area (Å²) in [6, 6.07) is 3.96. The molecule has 6 heterocycles. The lowest BCUT2D eigenvalue weighted by molar-refractivity contribution is 0.0109. The van der Waals surface area contributed by atoms with E-state index in [4.69, 9.17) is 53.4 Å². The predicted octanol–water partition coefficient (Wildman–Crippen LogP) is 8.67. The first-order valence-corrected chi connectivity index (χ1v) is 29.6. The van der Waals surface area contributed by atoms with Gasteiger partial charge in [-0.3, -0.25) is 14.8 Å². The van der Waals surface area contributed by atoms with Crippen molar-refractivity contribution in [2.45, 2.75) is 113 Å². The zero-order valence-electron chi connectivity index (χ0n) is 44.3. The fraction of sp³-hybridized carbons (Fsp3) is 0.491. The molecule has 1 amide bonds. The minimum absolute atomic E-state index is 0. The first kappa shape index (κ1) is 63.0. The molecule has 2 saturated carbocycles. The van der Waals surface area contributed by atoms with Gasteiger partial charge in [0.2, 0.25) is 23.7 Å². The molecule has 0 radical (unpaired) electrons. The molecule has 2 fully saturated rings. The summed E-state index contributed by atoms with van der Waals surface area (Å²) >= 11 is 2.40. The summed E-state index contributed by atoms with van der Waals surface area (Å²) in [6.07, 6.45) is 17.8. The molecule has 0 saturated heterocycles. The maximum atomic E-state index is 14.8. The molecule has 4 aromatic rings. The summed E-state index contributed by atoms with van der Waals surface area (Å²) < 4.78 is 77.5. The van der Waals surface area contributed by atoms with Crippen LogP contribution < -0.4 is 20.9 Å². The molecule has 79 heavy (non-hydrogen) atoms. The Morgan fingerprint density at radius 2 is 1.33 bits per heavy atom. The molecule has 5 N–H and O–H groups in total. The van der Waals surface area contributed by atoms with E-state index >= 15 is 0 Å². The highest BCUT2D eigenvalue weighted by molar-refractivity contribution is 8.15. The Labute approximate surface area is 466 Å². The molecule has 8 rings (SSSR count). The highest BCUT2D eigenvalue weighted by atomic mass is 32.2. The van der Waals surface area contributed by atoms with Crippen LogP contribution in [0.1, 0.15) is 92.6 Å². The van der Waals surface area contributed by atoms with Crippen molar-refractivity contribution >= 4 is 65.5 Å².